The predicted octanol–water partition coefficient (Wildman–Crippen LogP) is 14.9. The fourth-order valence-corrected chi connectivity index (χ4v) is 5.97. The molecule has 0 N–H and O–H groups in total. The van der Waals surface area contributed by atoms with Crippen LogP contribution in [0.25, 0.3) is 0 Å². The molecule has 0 aromatic heterocycles. The first-order chi connectivity index (χ1) is 28.0. The summed E-state index contributed by atoms with van der Waals surface area (Å²) in [6.45, 7) is 6.32. The Hall–Kier alpha value is -3.41. The van der Waals surface area contributed by atoms with Crippen LogP contribution < -0.4 is 0 Å². The van der Waals surface area contributed by atoms with Crippen LogP contribution in [-0.2, 0) is 28.6 Å². The molecule has 0 fully saturated rings. The molecule has 0 radical (unpaired) electrons. The second-order valence-electron chi connectivity index (χ2n) is 14.9. The summed E-state index contributed by atoms with van der Waals surface area (Å²) in [5.74, 6) is -0.982. The molecule has 0 aliphatic rings. The first kappa shape index (κ1) is 53.6. The summed E-state index contributed by atoms with van der Waals surface area (Å²) in [7, 11) is 0. The molecular formula is C51H84O6. The van der Waals surface area contributed by atoms with Crippen LogP contribution in [0.2, 0.25) is 0 Å². The van der Waals surface area contributed by atoms with E-state index in [0.717, 1.165) is 109 Å². The lowest BCUT2D eigenvalue weighted by atomic mass is 10.1. The molecule has 1 unspecified atom stereocenters. The molecule has 1 atom stereocenters. The van der Waals surface area contributed by atoms with Crippen LogP contribution in [0.5, 0.6) is 0 Å². The molecule has 6 nitrogen and oxygen atoms in total. The number of hydrogen-bond donors (Lipinski definition) is 0. The first-order valence-corrected chi connectivity index (χ1v) is 23.1. The Labute approximate surface area is 350 Å². The van der Waals surface area contributed by atoms with Crippen LogP contribution in [0.4, 0.5) is 0 Å². The normalized spacial score (nSPS) is 12.8. The van der Waals surface area contributed by atoms with Gasteiger partial charge in [-0.1, -0.05) is 176 Å². The van der Waals surface area contributed by atoms with Gasteiger partial charge in [-0.25, -0.2) is 0 Å². The number of hydrogen-bond acceptors (Lipinski definition) is 6. The molecule has 324 valence electrons. The summed E-state index contributed by atoms with van der Waals surface area (Å²) in [6, 6.07) is 0. The van der Waals surface area contributed by atoms with Gasteiger partial charge >= 0.3 is 17.9 Å². The van der Waals surface area contributed by atoms with Crippen molar-refractivity contribution in [1.29, 1.82) is 0 Å². The van der Waals surface area contributed by atoms with Gasteiger partial charge in [0.25, 0.3) is 0 Å². The zero-order chi connectivity index (χ0) is 41.5. The van der Waals surface area contributed by atoms with Crippen molar-refractivity contribution in [3.63, 3.8) is 0 Å². The van der Waals surface area contributed by atoms with E-state index in [1.54, 1.807) is 0 Å². The van der Waals surface area contributed by atoms with Gasteiger partial charge in [0.05, 0.1) is 0 Å². The molecule has 0 saturated heterocycles. The van der Waals surface area contributed by atoms with Crippen LogP contribution in [-0.4, -0.2) is 37.2 Å². The van der Waals surface area contributed by atoms with E-state index in [9.17, 15) is 14.4 Å². The molecule has 0 rings (SSSR count). The standard InChI is InChI=1S/C51H84O6/c1-4-7-10-13-16-19-22-24-25-27-29-32-35-38-41-44-50(53)56-47-48(46-55-49(52)43-40-37-34-31-28-21-18-15-12-9-6-3)57-51(54)45-42-39-36-33-30-26-23-20-17-14-11-8-5-2/h7-8,10-11,16-17,19-20,24-26,29-30,32,48H,4-6,9,12-15,18,21-23,27-28,31,33-47H2,1-3H3/b10-7-,11-8-,19-16-,20-17-,25-24-,30-26-,32-29-. The molecule has 57 heavy (non-hydrogen) atoms. The number of unbranched alkanes of at least 4 members (excludes halogenated alkanes) is 15. The molecule has 0 bridgehead atoms. The second kappa shape index (κ2) is 45.3. The third kappa shape index (κ3) is 43.6. The van der Waals surface area contributed by atoms with Gasteiger partial charge in [0.1, 0.15) is 13.2 Å². The molecule has 0 aromatic carbocycles. The van der Waals surface area contributed by atoms with Gasteiger partial charge in [-0.2, -0.15) is 0 Å². The van der Waals surface area contributed by atoms with Crippen molar-refractivity contribution in [3.8, 4) is 0 Å². The number of allylic oxidation sites excluding steroid dienone is 14. The highest BCUT2D eigenvalue weighted by Crippen LogP contribution is 2.13. The largest absolute Gasteiger partial charge is 0.462 e. The maximum Gasteiger partial charge on any atom is 0.306 e. The number of rotatable bonds is 40. The van der Waals surface area contributed by atoms with E-state index in [1.807, 2.05) is 0 Å². The van der Waals surface area contributed by atoms with Crippen molar-refractivity contribution < 1.29 is 28.6 Å². The topological polar surface area (TPSA) is 78.9 Å². The minimum Gasteiger partial charge on any atom is -0.462 e. The summed E-state index contributed by atoms with van der Waals surface area (Å²) in [6.07, 6.45) is 57.1. The van der Waals surface area contributed by atoms with Gasteiger partial charge in [-0.05, 0) is 89.9 Å². The third-order valence-electron chi connectivity index (χ3n) is 9.40. The molecule has 0 amide bonds. The maximum absolute atomic E-state index is 12.7. The van der Waals surface area contributed by atoms with Crippen LogP contribution >= 0.6 is 0 Å². The average Bonchev–Trinajstić information content (AvgIpc) is 3.21. The maximum atomic E-state index is 12.7. The smallest absolute Gasteiger partial charge is 0.306 e. The molecule has 0 aliphatic carbocycles. The molecule has 0 heterocycles. The highest BCUT2D eigenvalue weighted by atomic mass is 16.6. The Balaban J connectivity index is 4.50. The Morgan fingerprint density at radius 1 is 0.368 bits per heavy atom. The number of carbonyl (C=O) groups excluding carboxylic acids is 3. The molecule has 0 aromatic rings. The van der Waals surface area contributed by atoms with Crippen LogP contribution in [0.15, 0.2) is 85.1 Å². The predicted molar refractivity (Wildman–Crippen MR) is 242 cm³/mol. The van der Waals surface area contributed by atoms with E-state index in [4.69, 9.17) is 14.2 Å². The Bertz CT molecular complexity index is 1140. The number of esters is 3. The Kier molecular flexibility index (Phi) is 42.6. The zero-order valence-corrected chi connectivity index (χ0v) is 36.8. The molecule has 6 heteroatoms. The fraction of sp³-hybridized carbons (Fsp3) is 0.667. The van der Waals surface area contributed by atoms with E-state index in [1.165, 1.54) is 51.4 Å². The van der Waals surface area contributed by atoms with Crippen molar-refractivity contribution in [2.45, 2.75) is 207 Å². The van der Waals surface area contributed by atoms with E-state index in [2.05, 4.69) is 106 Å². The van der Waals surface area contributed by atoms with Crippen LogP contribution in [0.3, 0.4) is 0 Å². The highest BCUT2D eigenvalue weighted by Gasteiger charge is 2.19. The van der Waals surface area contributed by atoms with E-state index < -0.39 is 6.10 Å². The summed E-state index contributed by atoms with van der Waals surface area (Å²) in [5.41, 5.74) is 0. The van der Waals surface area contributed by atoms with Crippen LogP contribution in [0.1, 0.15) is 201 Å². The van der Waals surface area contributed by atoms with E-state index in [-0.39, 0.29) is 37.5 Å². The van der Waals surface area contributed by atoms with Gasteiger partial charge in [0.15, 0.2) is 6.10 Å². The number of ether oxygens (including phenoxy) is 3. The highest BCUT2D eigenvalue weighted by molar-refractivity contribution is 5.71. The quantitative estimate of drug-likeness (QED) is 0.0266. The first-order valence-electron chi connectivity index (χ1n) is 23.1. The van der Waals surface area contributed by atoms with Crippen molar-refractivity contribution in [3.05, 3.63) is 85.1 Å². The summed E-state index contributed by atoms with van der Waals surface area (Å²) in [4.78, 5) is 37.7. The molecule has 0 aliphatic heterocycles. The fourth-order valence-electron chi connectivity index (χ4n) is 5.97. The van der Waals surface area contributed by atoms with Crippen molar-refractivity contribution in [2.24, 2.45) is 0 Å². The third-order valence-corrected chi connectivity index (χ3v) is 9.40. The minimum atomic E-state index is -0.805. The van der Waals surface area contributed by atoms with Crippen molar-refractivity contribution in [1.82, 2.24) is 0 Å². The summed E-state index contributed by atoms with van der Waals surface area (Å²) < 4.78 is 16.7. The van der Waals surface area contributed by atoms with Gasteiger partial charge < -0.3 is 14.2 Å². The van der Waals surface area contributed by atoms with Gasteiger partial charge in [-0.15, -0.1) is 0 Å². The Morgan fingerprint density at radius 3 is 1.11 bits per heavy atom. The second-order valence-corrected chi connectivity index (χ2v) is 14.9. The lowest BCUT2D eigenvalue weighted by molar-refractivity contribution is -0.167. The van der Waals surface area contributed by atoms with Crippen LogP contribution in [0, 0.1) is 0 Å². The Morgan fingerprint density at radius 2 is 0.684 bits per heavy atom. The SMILES string of the molecule is CC/C=C\C/C=C\C/C=C\C/C=C\CCCCC(=O)OCC(COC(=O)CCCCCCCCCCCCC)OC(=O)CCCCC/C=C\C/C=C\C/C=C\CC. The lowest BCUT2D eigenvalue weighted by Gasteiger charge is -2.18. The molecule has 0 spiro atoms. The molecule has 0 saturated carbocycles. The number of carbonyl (C=O) groups is 3. The average molecular weight is 793 g/mol. The van der Waals surface area contributed by atoms with E-state index in [0.29, 0.717) is 12.8 Å². The monoisotopic (exact) mass is 793 g/mol. The van der Waals surface area contributed by atoms with Crippen molar-refractivity contribution >= 4 is 17.9 Å². The minimum absolute atomic E-state index is 0.101. The van der Waals surface area contributed by atoms with Gasteiger partial charge in [0, 0.05) is 19.3 Å². The summed E-state index contributed by atoms with van der Waals surface area (Å²) in [5, 5.41) is 0. The zero-order valence-electron chi connectivity index (χ0n) is 36.8. The lowest BCUT2D eigenvalue weighted by Crippen LogP contribution is -2.30. The summed E-state index contributed by atoms with van der Waals surface area (Å²) >= 11 is 0. The van der Waals surface area contributed by atoms with Gasteiger partial charge in [-0.3, -0.25) is 14.4 Å². The van der Waals surface area contributed by atoms with Crippen molar-refractivity contribution in [2.75, 3.05) is 13.2 Å². The molecular weight excluding hydrogens is 709 g/mol. The van der Waals surface area contributed by atoms with Gasteiger partial charge in [0.2, 0.25) is 0 Å². The van der Waals surface area contributed by atoms with E-state index >= 15 is 0 Å².